The third-order valence-corrected chi connectivity index (χ3v) is 9.13. The first-order valence-corrected chi connectivity index (χ1v) is 14.9. The molecule has 2 aromatic rings. The van der Waals surface area contributed by atoms with Crippen molar-refractivity contribution < 1.29 is 13.5 Å². The summed E-state index contributed by atoms with van der Waals surface area (Å²) in [7, 11) is 1.34. The van der Waals surface area contributed by atoms with Gasteiger partial charge in [-0.3, -0.25) is 0 Å². The van der Waals surface area contributed by atoms with Gasteiger partial charge in [0, 0.05) is 5.56 Å². The van der Waals surface area contributed by atoms with Gasteiger partial charge in [0.2, 0.25) is 5.82 Å². The molecule has 2 aliphatic rings. The quantitative estimate of drug-likeness (QED) is 0.217. The summed E-state index contributed by atoms with van der Waals surface area (Å²) >= 11 is 0. The first-order valence-electron chi connectivity index (χ1n) is 14.9. The van der Waals surface area contributed by atoms with Crippen molar-refractivity contribution in [3.8, 4) is 16.9 Å². The molecule has 0 atom stereocenters. The zero-order chi connectivity index (χ0) is 26.0. The number of hydrogen-bond donors (Lipinski definition) is 0. The van der Waals surface area contributed by atoms with Crippen LogP contribution in [0.5, 0.6) is 5.75 Å². The molecule has 0 bridgehead atoms. The molecule has 2 fully saturated rings. The first-order chi connectivity index (χ1) is 18.1. The van der Waals surface area contributed by atoms with Gasteiger partial charge in [-0.1, -0.05) is 81.9 Å². The molecule has 0 unspecified atom stereocenters. The number of unbranched alkanes of at least 4 members (excludes halogenated alkanes) is 2. The minimum Gasteiger partial charge on any atom is -0.494 e. The first kappa shape index (κ1) is 27.9. The largest absolute Gasteiger partial charge is 0.494 e. The lowest BCUT2D eigenvalue weighted by molar-refractivity contribution is 0.151. The molecule has 202 valence electrons. The lowest BCUT2D eigenvalue weighted by Crippen LogP contribution is -2.25. The fourth-order valence-electron chi connectivity index (χ4n) is 6.74. The molecular formula is C34H46F2O. The van der Waals surface area contributed by atoms with E-state index in [-0.39, 0.29) is 11.3 Å². The van der Waals surface area contributed by atoms with Crippen LogP contribution >= 0.6 is 0 Å². The van der Waals surface area contributed by atoms with Crippen LogP contribution < -0.4 is 4.74 Å². The Morgan fingerprint density at radius 1 is 0.811 bits per heavy atom. The summed E-state index contributed by atoms with van der Waals surface area (Å²) in [6.07, 6.45) is 24.0. The minimum absolute atomic E-state index is 0.0709. The maximum atomic E-state index is 14.4. The van der Waals surface area contributed by atoms with Gasteiger partial charge in [-0.15, -0.1) is 0 Å². The van der Waals surface area contributed by atoms with Crippen molar-refractivity contribution in [3.05, 3.63) is 65.7 Å². The number of halogens is 2. The maximum Gasteiger partial charge on any atom is 0.201 e. The number of benzene rings is 2. The summed E-state index contributed by atoms with van der Waals surface area (Å²) in [6.45, 7) is 2.31. The molecule has 4 rings (SSSR count). The molecule has 2 aromatic carbocycles. The zero-order valence-corrected chi connectivity index (χ0v) is 23.0. The summed E-state index contributed by atoms with van der Waals surface area (Å²) in [5, 5.41) is 0. The van der Waals surface area contributed by atoms with Gasteiger partial charge in [0.05, 0.1) is 7.11 Å². The average Bonchev–Trinajstić information content (AvgIpc) is 2.94. The number of allylic oxidation sites excluding steroid dienone is 2. The Labute approximate surface area is 223 Å². The molecule has 0 aliphatic heterocycles. The molecular weight excluding hydrogens is 462 g/mol. The van der Waals surface area contributed by atoms with E-state index in [1.165, 1.54) is 95.8 Å². The molecule has 3 heteroatoms. The SMILES string of the molecule is CCCCCC1CCC(C2CCC(/C=C/CCc3ccc(-c4ccc(OC)c(F)c4F)cc3)CC2)CC1. The van der Waals surface area contributed by atoms with Gasteiger partial charge < -0.3 is 4.74 Å². The summed E-state index contributed by atoms with van der Waals surface area (Å²) in [5.41, 5.74) is 2.16. The van der Waals surface area contributed by atoms with E-state index in [4.69, 9.17) is 4.74 Å². The van der Waals surface area contributed by atoms with E-state index >= 15 is 0 Å². The van der Waals surface area contributed by atoms with Crippen LogP contribution in [0, 0.1) is 35.3 Å². The van der Waals surface area contributed by atoms with Crippen LogP contribution in [0.15, 0.2) is 48.6 Å². The smallest absolute Gasteiger partial charge is 0.201 e. The number of rotatable bonds is 11. The lowest BCUT2D eigenvalue weighted by Gasteiger charge is -2.37. The average molecular weight is 509 g/mol. The van der Waals surface area contributed by atoms with Gasteiger partial charge in [0.25, 0.3) is 0 Å². The van der Waals surface area contributed by atoms with Gasteiger partial charge in [0.15, 0.2) is 11.6 Å². The summed E-state index contributed by atoms with van der Waals surface area (Å²) < 4.78 is 33.3. The van der Waals surface area contributed by atoms with E-state index in [0.29, 0.717) is 5.56 Å². The second kappa shape index (κ2) is 14.1. The molecule has 1 nitrogen and oxygen atoms in total. The van der Waals surface area contributed by atoms with Crippen LogP contribution in [0.1, 0.15) is 96.0 Å². The van der Waals surface area contributed by atoms with Crippen LogP contribution in [0.25, 0.3) is 11.1 Å². The number of hydrogen-bond acceptors (Lipinski definition) is 1. The topological polar surface area (TPSA) is 9.23 Å². The highest BCUT2D eigenvalue weighted by molar-refractivity contribution is 5.65. The third-order valence-electron chi connectivity index (χ3n) is 9.13. The van der Waals surface area contributed by atoms with Crippen molar-refractivity contribution in [1.82, 2.24) is 0 Å². The highest BCUT2D eigenvalue weighted by Crippen LogP contribution is 2.42. The summed E-state index contributed by atoms with van der Waals surface area (Å²) in [5.74, 6) is 1.87. The Balaban J connectivity index is 1.16. The summed E-state index contributed by atoms with van der Waals surface area (Å²) in [4.78, 5) is 0. The van der Waals surface area contributed by atoms with E-state index in [1.54, 1.807) is 6.07 Å². The van der Waals surface area contributed by atoms with Gasteiger partial charge in [-0.25, -0.2) is 4.39 Å². The van der Waals surface area contributed by atoms with E-state index in [0.717, 1.165) is 36.5 Å². The Hall–Kier alpha value is -2.16. The lowest BCUT2D eigenvalue weighted by atomic mass is 9.68. The van der Waals surface area contributed by atoms with Crippen molar-refractivity contribution in [3.63, 3.8) is 0 Å². The summed E-state index contributed by atoms with van der Waals surface area (Å²) in [6, 6.07) is 10.8. The molecule has 0 heterocycles. The van der Waals surface area contributed by atoms with Crippen molar-refractivity contribution in [2.45, 2.75) is 96.8 Å². The number of aryl methyl sites for hydroxylation is 1. The van der Waals surface area contributed by atoms with E-state index in [1.807, 2.05) is 24.3 Å². The van der Waals surface area contributed by atoms with Crippen LogP contribution in [0.4, 0.5) is 8.78 Å². The maximum absolute atomic E-state index is 14.4. The second-order valence-corrected chi connectivity index (χ2v) is 11.6. The van der Waals surface area contributed by atoms with E-state index in [2.05, 4.69) is 19.1 Å². The highest BCUT2D eigenvalue weighted by atomic mass is 19.2. The molecule has 37 heavy (non-hydrogen) atoms. The molecule has 0 amide bonds. The normalized spacial score (nSPS) is 24.4. The molecule has 0 saturated heterocycles. The van der Waals surface area contributed by atoms with Crippen LogP contribution in [0.3, 0.4) is 0 Å². The molecule has 0 radical (unpaired) electrons. The van der Waals surface area contributed by atoms with Gasteiger partial charge in [-0.05, 0) is 98.3 Å². The molecule has 2 aliphatic carbocycles. The van der Waals surface area contributed by atoms with E-state index in [9.17, 15) is 8.78 Å². The van der Waals surface area contributed by atoms with Crippen molar-refractivity contribution in [2.75, 3.05) is 7.11 Å². The molecule has 0 aromatic heterocycles. The van der Waals surface area contributed by atoms with E-state index < -0.39 is 11.6 Å². The monoisotopic (exact) mass is 508 g/mol. The zero-order valence-electron chi connectivity index (χ0n) is 23.0. The highest BCUT2D eigenvalue weighted by Gasteiger charge is 2.30. The molecule has 0 spiro atoms. The van der Waals surface area contributed by atoms with Crippen LogP contribution in [-0.2, 0) is 6.42 Å². The number of ether oxygens (including phenoxy) is 1. The predicted molar refractivity (Wildman–Crippen MR) is 151 cm³/mol. The minimum atomic E-state index is -0.937. The fourth-order valence-corrected chi connectivity index (χ4v) is 6.74. The van der Waals surface area contributed by atoms with Crippen molar-refractivity contribution in [1.29, 1.82) is 0 Å². The Morgan fingerprint density at radius 2 is 1.49 bits per heavy atom. The van der Waals surface area contributed by atoms with Gasteiger partial charge in [0.1, 0.15) is 0 Å². The second-order valence-electron chi connectivity index (χ2n) is 11.6. The van der Waals surface area contributed by atoms with Crippen LogP contribution in [-0.4, -0.2) is 7.11 Å². The molecule has 2 saturated carbocycles. The fraction of sp³-hybridized carbons (Fsp3) is 0.588. The van der Waals surface area contributed by atoms with Gasteiger partial charge >= 0.3 is 0 Å². The Bertz CT molecular complexity index is 980. The van der Waals surface area contributed by atoms with Crippen molar-refractivity contribution in [2.24, 2.45) is 23.7 Å². The Morgan fingerprint density at radius 3 is 2.14 bits per heavy atom. The number of methoxy groups -OCH3 is 1. The van der Waals surface area contributed by atoms with Gasteiger partial charge in [-0.2, -0.15) is 4.39 Å². The Kier molecular flexibility index (Phi) is 10.6. The van der Waals surface area contributed by atoms with Crippen LogP contribution in [0.2, 0.25) is 0 Å². The predicted octanol–water partition coefficient (Wildman–Crippen LogP) is 10.3. The standard InChI is InChI=1S/C34H46F2O/c1-3-4-5-8-25-11-17-28(18-12-25)29-19-13-26(14-20-29)9-6-7-10-27-15-21-30(22-16-27)31-23-24-32(37-2)34(36)33(31)35/h6,9,15-16,21-26,28-29H,3-5,7-8,10-14,17-20H2,1-2H3/b9-6+. The molecule has 0 N–H and O–H groups in total. The van der Waals surface area contributed by atoms with Crippen molar-refractivity contribution >= 4 is 0 Å². The third kappa shape index (κ3) is 7.68.